The van der Waals surface area contributed by atoms with Gasteiger partial charge in [-0.05, 0) is 24.3 Å². The summed E-state index contributed by atoms with van der Waals surface area (Å²) in [5.41, 5.74) is 15.4. The van der Waals surface area contributed by atoms with Gasteiger partial charge in [-0.1, -0.05) is 36.4 Å². The maximum absolute atomic E-state index is 11.4. The fourth-order valence-corrected chi connectivity index (χ4v) is 1.56. The van der Waals surface area contributed by atoms with Crippen LogP contribution in [0.3, 0.4) is 0 Å². The molecule has 0 saturated carbocycles. The van der Waals surface area contributed by atoms with Crippen LogP contribution in [-0.2, 0) is 0 Å². The van der Waals surface area contributed by atoms with E-state index < -0.39 is 12.1 Å². The number of primary amides is 3. The molecule has 0 unspecified atom stereocenters. The van der Waals surface area contributed by atoms with Crippen LogP contribution in [0.1, 0.15) is 0 Å². The Labute approximate surface area is 116 Å². The lowest BCUT2D eigenvalue weighted by Gasteiger charge is -2.20. The van der Waals surface area contributed by atoms with Crippen molar-refractivity contribution in [3.05, 3.63) is 60.7 Å². The van der Waals surface area contributed by atoms with Crippen molar-refractivity contribution in [3.63, 3.8) is 0 Å². The van der Waals surface area contributed by atoms with Gasteiger partial charge >= 0.3 is 12.1 Å². The first kappa shape index (κ1) is 15.0. The number of hydrogen-bond donors (Lipinski definition) is 3. The van der Waals surface area contributed by atoms with E-state index in [1.807, 2.05) is 60.7 Å². The van der Waals surface area contributed by atoms with Crippen LogP contribution < -0.4 is 22.1 Å². The summed E-state index contributed by atoms with van der Waals surface area (Å²) in [5, 5.41) is 0. The van der Waals surface area contributed by atoms with Gasteiger partial charge in [0.25, 0.3) is 0 Å². The van der Waals surface area contributed by atoms with Gasteiger partial charge in [-0.25, -0.2) is 9.59 Å². The number of carbonyl (C=O) groups excluding carboxylic acids is 2. The average molecular weight is 272 g/mol. The Hall–Kier alpha value is -3.02. The van der Waals surface area contributed by atoms with Crippen LogP contribution in [0.5, 0.6) is 0 Å². The number of carbonyl (C=O) groups is 2. The second-order valence-corrected chi connectivity index (χ2v) is 3.75. The Bertz CT molecular complexity index is 514. The first-order chi connectivity index (χ1) is 9.52. The van der Waals surface area contributed by atoms with Gasteiger partial charge in [0.15, 0.2) is 0 Å². The fourth-order valence-electron chi connectivity index (χ4n) is 1.56. The highest BCUT2D eigenvalue weighted by Crippen LogP contribution is 2.23. The molecule has 0 atom stereocenters. The summed E-state index contributed by atoms with van der Waals surface area (Å²) in [4.78, 5) is 21.9. The van der Waals surface area contributed by atoms with E-state index in [2.05, 4.69) is 11.5 Å². The van der Waals surface area contributed by atoms with Gasteiger partial charge in [0.05, 0.1) is 11.4 Å². The van der Waals surface area contributed by atoms with Crippen molar-refractivity contribution >= 4 is 23.4 Å². The first-order valence-electron chi connectivity index (χ1n) is 5.77. The lowest BCUT2D eigenvalue weighted by atomic mass is 10.2. The number of hydrogen-bond acceptors (Lipinski definition) is 2. The first-order valence-corrected chi connectivity index (χ1v) is 5.77. The van der Waals surface area contributed by atoms with E-state index in [-0.39, 0.29) is 0 Å². The zero-order chi connectivity index (χ0) is 15.0. The minimum Gasteiger partial charge on any atom is -0.352 e. The molecular weight excluding hydrogens is 256 g/mol. The SMILES string of the molecule is NC(=O)N(c1ccccc1)c1ccccc1.NC(N)=O. The highest BCUT2D eigenvalue weighted by Gasteiger charge is 2.13. The lowest BCUT2D eigenvalue weighted by Crippen LogP contribution is -2.31. The molecule has 0 radical (unpaired) electrons. The summed E-state index contributed by atoms with van der Waals surface area (Å²) >= 11 is 0. The van der Waals surface area contributed by atoms with Crippen molar-refractivity contribution in [2.75, 3.05) is 4.90 Å². The third kappa shape index (κ3) is 4.69. The molecule has 0 fully saturated rings. The second-order valence-electron chi connectivity index (χ2n) is 3.75. The molecule has 6 heteroatoms. The third-order valence-corrected chi connectivity index (χ3v) is 2.25. The quantitative estimate of drug-likeness (QED) is 0.775. The van der Waals surface area contributed by atoms with Crippen molar-refractivity contribution < 1.29 is 9.59 Å². The van der Waals surface area contributed by atoms with E-state index in [4.69, 9.17) is 10.5 Å². The molecule has 6 N–H and O–H groups in total. The summed E-state index contributed by atoms with van der Waals surface area (Å²) in [6.07, 6.45) is 0. The number of urea groups is 2. The van der Waals surface area contributed by atoms with Gasteiger partial charge in [0.2, 0.25) is 0 Å². The molecule has 0 bridgehead atoms. The minimum absolute atomic E-state index is 0.489. The maximum atomic E-state index is 11.4. The Morgan fingerprint density at radius 1 is 0.700 bits per heavy atom. The number of para-hydroxylation sites is 2. The van der Waals surface area contributed by atoms with Gasteiger partial charge in [-0.15, -0.1) is 0 Å². The predicted molar refractivity (Wildman–Crippen MR) is 78.4 cm³/mol. The van der Waals surface area contributed by atoms with Crippen molar-refractivity contribution in [1.29, 1.82) is 0 Å². The number of anilines is 2. The van der Waals surface area contributed by atoms with Crippen LogP contribution in [0.2, 0.25) is 0 Å². The lowest BCUT2D eigenvalue weighted by molar-refractivity contribution is 0.255. The standard InChI is InChI=1S/C13H12N2O.CH4N2O/c14-13(16)15(11-7-3-1-4-8-11)12-9-5-2-6-10-12;2-1(3)4/h1-10H,(H2,14,16);(H4,2,3,4). The summed E-state index contributed by atoms with van der Waals surface area (Å²) in [6, 6.07) is 17.3. The van der Waals surface area contributed by atoms with Crippen LogP contribution in [0, 0.1) is 0 Å². The van der Waals surface area contributed by atoms with E-state index in [1.165, 1.54) is 4.90 Å². The summed E-state index contributed by atoms with van der Waals surface area (Å²) in [7, 11) is 0. The van der Waals surface area contributed by atoms with Crippen LogP contribution >= 0.6 is 0 Å². The number of benzene rings is 2. The van der Waals surface area contributed by atoms with E-state index in [9.17, 15) is 4.79 Å². The molecule has 2 aromatic carbocycles. The summed E-state index contributed by atoms with van der Waals surface area (Å²) in [5.74, 6) is 0. The van der Waals surface area contributed by atoms with Gasteiger partial charge in [-0.2, -0.15) is 0 Å². The van der Waals surface area contributed by atoms with Crippen molar-refractivity contribution in [2.24, 2.45) is 17.2 Å². The zero-order valence-corrected chi connectivity index (χ0v) is 10.8. The largest absolute Gasteiger partial charge is 0.352 e. The Morgan fingerprint density at radius 2 is 1.00 bits per heavy atom. The second kappa shape index (κ2) is 7.42. The molecule has 20 heavy (non-hydrogen) atoms. The molecule has 0 aromatic heterocycles. The molecule has 0 heterocycles. The Balaban J connectivity index is 0.000000444. The molecule has 0 aliphatic rings. The van der Waals surface area contributed by atoms with Gasteiger partial charge in [0.1, 0.15) is 0 Å². The van der Waals surface area contributed by atoms with Gasteiger partial charge < -0.3 is 17.2 Å². The van der Waals surface area contributed by atoms with Crippen molar-refractivity contribution in [1.82, 2.24) is 0 Å². The molecule has 4 amide bonds. The predicted octanol–water partition coefficient (Wildman–Crippen LogP) is 1.93. The van der Waals surface area contributed by atoms with Crippen molar-refractivity contribution in [2.45, 2.75) is 0 Å². The molecule has 2 aromatic rings. The van der Waals surface area contributed by atoms with Crippen LogP contribution in [0.25, 0.3) is 0 Å². The average Bonchev–Trinajstić information content (AvgIpc) is 2.40. The Morgan fingerprint density at radius 3 is 1.25 bits per heavy atom. The topological polar surface area (TPSA) is 115 Å². The smallest absolute Gasteiger partial charge is 0.323 e. The highest BCUT2D eigenvalue weighted by molar-refractivity contribution is 5.98. The molecule has 104 valence electrons. The van der Waals surface area contributed by atoms with Crippen LogP contribution in [-0.4, -0.2) is 12.1 Å². The molecule has 0 aliphatic heterocycles. The highest BCUT2D eigenvalue weighted by atomic mass is 16.2. The van der Waals surface area contributed by atoms with E-state index >= 15 is 0 Å². The van der Waals surface area contributed by atoms with E-state index in [1.54, 1.807) is 0 Å². The van der Waals surface area contributed by atoms with Crippen molar-refractivity contribution in [3.8, 4) is 0 Å². The van der Waals surface area contributed by atoms with E-state index in [0.29, 0.717) is 0 Å². The normalized spacial score (nSPS) is 9.00. The van der Waals surface area contributed by atoms with Gasteiger partial charge in [0, 0.05) is 0 Å². The summed E-state index contributed by atoms with van der Waals surface area (Å²) in [6.45, 7) is 0. The minimum atomic E-state index is -0.833. The van der Waals surface area contributed by atoms with Gasteiger partial charge in [-0.3, -0.25) is 4.90 Å². The molecule has 6 nitrogen and oxygen atoms in total. The number of rotatable bonds is 2. The Kier molecular flexibility index (Phi) is 5.58. The van der Waals surface area contributed by atoms with Crippen LogP contribution in [0.4, 0.5) is 21.0 Å². The number of nitrogens with two attached hydrogens (primary N) is 3. The molecule has 2 rings (SSSR count). The molecular formula is C14H16N4O2. The monoisotopic (exact) mass is 272 g/mol. The van der Waals surface area contributed by atoms with Crippen LogP contribution in [0.15, 0.2) is 60.7 Å². The number of amides is 4. The third-order valence-electron chi connectivity index (χ3n) is 2.25. The molecule has 0 spiro atoms. The fraction of sp³-hybridized carbons (Fsp3) is 0. The molecule has 0 aliphatic carbocycles. The molecule has 0 saturated heterocycles. The van der Waals surface area contributed by atoms with E-state index in [0.717, 1.165) is 11.4 Å². The number of nitrogens with zero attached hydrogens (tertiary/aromatic N) is 1. The summed E-state index contributed by atoms with van der Waals surface area (Å²) < 4.78 is 0. The zero-order valence-electron chi connectivity index (χ0n) is 10.8. The maximum Gasteiger partial charge on any atom is 0.323 e.